The van der Waals surface area contributed by atoms with Gasteiger partial charge in [-0.15, -0.1) is 0 Å². The van der Waals surface area contributed by atoms with Gasteiger partial charge in [-0.25, -0.2) is 4.39 Å². The molecular weight excluding hydrogens is 315 g/mol. The highest BCUT2D eigenvalue weighted by Gasteiger charge is 2.30. The third-order valence-electron chi connectivity index (χ3n) is 5.90. The van der Waals surface area contributed by atoms with Gasteiger partial charge in [0.2, 0.25) is 5.91 Å². The zero-order chi connectivity index (χ0) is 17.6. The molecule has 2 aliphatic rings. The zero-order valence-electron chi connectivity index (χ0n) is 15.4. The largest absolute Gasteiger partial charge is 0.310 e. The Morgan fingerprint density at radius 1 is 0.960 bits per heavy atom. The summed E-state index contributed by atoms with van der Waals surface area (Å²) in [4.78, 5) is 16.7. The summed E-state index contributed by atoms with van der Waals surface area (Å²) in [5.74, 6) is -0.206. The number of benzene rings is 1. The molecule has 3 nitrogen and oxygen atoms in total. The summed E-state index contributed by atoms with van der Waals surface area (Å²) in [5, 5.41) is 0. The van der Waals surface area contributed by atoms with Crippen molar-refractivity contribution in [3.63, 3.8) is 0 Å². The Morgan fingerprint density at radius 2 is 1.52 bits per heavy atom. The number of carbonyl (C=O) groups is 1. The van der Waals surface area contributed by atoms with E-state index in [1.165, 1.54) is 57.1 Å². The number of hydrogen-bond donors (Lipinski definition) is 0. The van der Waals surface area contributed by atoms with Gasteiger partial charge in [-0.05, 0) is 49.9 Å². The molecule has 0 atom stereocenters. The maximum atomic E-state index is 13.2. The van der Waals surface area contributed by atoms with Gasteiger partial charge in [0.25, 0.3) is 0 Å². The minimum atomic E-state index is -0.258. The molecule has 0 N–H and O–H groups in total. The quantitative estimate of drug-likeness (QED) is 0.788. The van der Waals surface area contributed by atoms with Crippen molar-refractivity contribution in [1.29, 1.82) is 0 Å². The molecule has 1 saturated heterocycles. The van der Waals surface area contributed by atoms with Crippen LogP contribution in [0.5, 0.6) is 0 Å². The monoisotopic (exact) mass is 346 g/mol. The van der Waals surface area contributed by atoms with Crippen LogP contribution in [-0.2, 0) is 4.79 Å². The van der Waals surface area contributed by atoms with E-state index in [4.69, 9.17) is 0 Å². The third-order valence-corrected chi connectivity index (χ3v) is 5.90. The molecular formula is C21H31FN2O. The molecule has 1 aromatic carbocycles. The maximum absolute atomic E-state index is 13.2. The first-order chi connectivity index (χ1) is 12.1. The van der Waals surface area contributed by atoms with Gasteiger partial charge in [0, 0.05) is 37.8 Å². The third kappa shape index (κ3) is 4.81. The van der Waals surface area contributed by atoms with Gasteiger partial charge in [-0.3, -0.25) is 4.79 Å². The molecule has 0 bridgehead atoms. The Hall–Kier alpha value is -1.42. The molecule has 25 heavy (non-hydrogen) atoms. The van der Waals surface area contributed by atoms with Crippen molar-refractivity contribution in [2.24, 2.45) is 0 Å². The highest BCUT2D eigenvalue weighted by Crippen LogP contribution is 2.28. The van der Waals surface area contributed by atoms with Crippen molar-refractivity contribution in [2.45, 2.75) is 76.8 Å². The Bertz CT molecular complexity index is 544. The summed E-state index contributed by atoms with van der Waals surface area (Å²) in [7, 11) is 0. The van der Waals surface area contributed by atoms with E-state index in [0.29, 0.717) is 0 Å². The van der Waals surface area contributed by atoms with Crippen molar-refractivity contribution in [3.05, 3.63) is 30.1 Å². The van der Waals surface area contributed by atoms with Crippen molar-refractivity contribution in [2.75, 3.05) is 18.0 Å². The fourth-order valence-electron chi connectivity index (χ4n) is 4.56. The van der Waals surface area contributed by atoms with E-state index in [2.05, 4.69) is 4.90 Å². The number of hydrogen-bond acceptors (Lipinski definition) is 2. The van der Waals surface area contributed by atoms with Gasteiger partial charge in [0.05, 0.1) is 0 Å². The molecule has 0 aromatic heterocycles. The van der Waals surface area contributed by atoms with Gasteiger partial charge >= 0.3 is 0 Å². The summed E-state index contributed by atoms with van der Waals surface area (Å²) in [6, 6.07) is 7.28. The summed E-state index contributed by atoms with van der Waals surface area (Å²) in [5.41, 5.74) is 0.818. The van der Waals surface area contributed by atoms with Gasteiger partial charge in [-0.2, -0.15) is 0 Å². The number of carbonyl (C=O) groups excluding carboxylic acids is 1. The standard InChI is InChI=1S/C21H31FN2O/c1-17(25)24(20-11-9-18(22)10-12-20)21-13-15-23(16-14-21)19-7-5-3-2-4-6-8-19/h9-12,19,21H,2-8,13-16H2,1H3. The molecule has 1 aliphatic carbocycles. The van der Waals surface area contributed by atoms with Crippen LogP contribution in [0.3, 0.4) is 0 Å². The van der Waals surface area contributed by atoms with E-state index in [-0.39, 0.29) is 17.8 Å². The SMILES string of the molecule is CC(=O)N(c1ccc(F)cc1)C1CCN(C2CCCCCCC2)CC1. The summed E-state index contributed by atoms with van der Waals surface area (Å²) in [6.45, 7) is 3.76. The van der Waals surface area contributed by atoms with Crippen LogP contribution in [0, 0.1) is 5.82 Å². The lowest BCUT2D eigenvalue weighted by molar-refractivity contribution is -0.117. The zero-order valence-corrected chi connectivity index (χ0v) is 15.4. The molecule has 2 fully saturated rings. The minimum absolute atomic E-state index is 0.0519. The summed E-state index contributed by atoms with van der Waals surface area (Å²) < 4.78 is 13.2. The highest BCUT2D eigenvalue weighted by molar-refractivity contribution is 5.92. The van der Waals surface area contributed by atoms with Crippen LogP contribution in [0.4, 0.5) is 10.1 Å². The van der Waals surface area contributed by atoms with Crippen molar-refractivity contribution >= 4 is 11.6 Å². The number of rotatable bonds is 3. The molecule has 0 radical (unpaired) electrons. The Morgan fingerprint density at radius 3 is 2.08 bits per heavy atom. The van der Waals surface area contributed by atoms with E-state index in [9.17, 15) is 9.18 Å². The van der Waals surface area contributed by atoms with E-state index < -0.39 is 0 Å². The molecule has 1 aromatic rings. The van der Waals surface area contributed by atoms with E-state index in [0.717, 1.165) is 37.7 Å². The molecule has 0 spiro atoms. The van der Waals surface area contributed by atoms with Crippen LogP contribution < -0.4 is 4.90 Å². The normalized spacial score (nSPS) is 21.5. The maximum Gasteiger partial charge on any atom is 0.224 e. The average molecular weight is 346 g/mol. The van der Waals surface area contributed by atoms with Gasteiger partial charge < -0.3 is 9.80 Å². The fourth-order valence-corrected chi connectivity index (χ4v) is 4.56. The van der Waals surface area contributed by atoms with Gasteiger partial charge in [0.1, 0.15) is 5.82 Å². The van der Waals surface area contributed by atoms with Crippen LogP contribution in [0.1, 0.15) is 64.7 Å². The molecule has 1 heterocycles. The molecule has 1 aliphatic heterocycles. The number of nitrogens with zero attached hydrogens (tertiary/aromatic N) is 2. The average Bonchev–Trinajstić information content (AvgIpc) is 2.57. The number of anilines is 1. The van der Waals surface area contributed by atoms with Gasteiger partial charge in [-0.1, -0.05) is 32.1 Å². The fraction of sp³-hybridized carbons (Fsp3) is 0.667. The highest BCUT2D eigenvalue weighted by atomic mass is 19.1. The lowest BCUT2D eigenvalue weighted by atomic mass is 9.93. The smallest absolute Gasteiger partial charge is 0.224 e. The van der Waals surface area contributed by atoms with Crippen LogP contribution in [0.25, 0.3) is 0 Å². The first-order valence-electron chi connectivity index (χ1n) is 9.94. The lowest BCUT2D eigenvalue weighted by Gasteiger charge is -2.42. The Kier molecular flexibility index (Phi) is 6.46. The van der Waals surface area contributed by atoms with Crippen molar-refractivity contribution in [1.82, 2.24) is 4.90 Å². The second kappa shape index (κ2) is 8.79. The molecule has 3 rings (SSSR count). The topological polar surface area (TPSA) is 23.6 Å². The summed E-state index contributed by atoms with van der Waals surface area (Å²) in [6.07, 6.45) is 11.6. The van der Waals surface area contributed by atoms with E-state index in [1.54, 1.807) is 19.1 Å². The number of piperidine rings is 1. The molecule has 1 saturated carbocycles. The number of amides is 1. The molecule has 4 heteroatoms. The van der Waals surface area contributed by atoms with Crippen LogP contribution in [0.2, 0.25) is 0 Å². The predicted octanol–water partition coefficient (Wildman–Crippen LogP) is 4.76. The van der Waals surface area contributed by atoms with E-state index >= 15 is 0 Å². The second-order valence-corrected chi connectivity index (χ2v) is 7.63. The lowest BCUT2D eigenvalue weighted by Crippen LogP contribution is -2.49. The van der Waals surface area contributed by atoms with Crippen LogP contribution in [0.15, 0.2) is 24.3 Å². The Labute approximate surface area is 151 Å². The molecule has 1 amide bonds. The number of halogens is 1. The summed E-state index contributed by atoms with van der Waals surface area (Å²) >= 11 is 0. The van der Waals surface area contributed by atoms with Crippen molar-refractivity contribution < 1.29 is 9.18 Å². The van der Waals surface area contributed by atoms with Gasteiger partial charge in [0.15, 0.2) is 0 Å². The first-order valence-corrected chi connectivity index (χ1v) is 9.94. The van der Waals surface area contributed by atoms with Crippen molar-refractivity contribution in [3.8, 4) is 0 Å². The van der Waals surface area contributed by atoms with Crippen LogP contribution in [-0.4, -0.2) is 36.0 Å². The second-order valence-electron chi connectivity index (χ2n) is 7.63. The Balaban J connectivity index is 1.61. The molecule has 138 valence electrons. The number of likely N-dealkylation sites (tertiary alicyclic amines) is 1. The van der Waals surface area contributed by atoms with Crippen LogP contribution >= 0.6 is 0 Å². The molecule has 0 unspecified atom stereocenters. The predicted molar refractivity (Wildman–Crippen MR) is 100 cm³/mol. The van der Waals surface area contributed by atoms with E-state index in [1.807, 2.05) is 4.90 Å². The first kappa shape index (κ1) is 18.4. The minimum Gasteiger partial charge on any atom is -0.310 e.